The van der Waals surface area contributed by atoms with Gasteiger partial charge in [0.25, 0.3) is 0 Å². The molecule has 4 aromatic heterocycles. The molecular weight excluding hydrogens is 697 g/mol. The summed E-state index contributed by atoms with van der Waals surface area (Å²) in [5.74, 6) is 0.474. The van der Waals surface area contributed by atoms with Crippen LogP contribution in [-0.4, -0.2) is 20.9 Å². The van der Waals surface area contributed by atoms with E-state index in [1.165, 1.54) is 40.6 Å². The Labute approximate surface area is 250 Å². The Hall–Kier alpha value is -3.64. The molecule has 0 unspecified atom stereocenters. The van der Waals surface area contributed by atoms with Crippen LogP contribution in [0.15, 0.2) is 83.1 Å². The number of thiophene rings is 1. The largest absolute Gasteiger partial charge is 0.512 e. The first-order valence-electron chi connectivity index (χ1n) is 12.8. The molecule has 205 valence electrons. The second-order valence-corrected chi connectivity index (χ2v) is 11.0. The third kappa shape index (κ3) is 6.23. The number of furan rings is 1. The predicted octanol–water partition coefficient (Wildman–Crippen LogP) is 9.19. The van der Waals surface area contributed by atoms with E-state index in [1.54, 1.807) is 11.3 Å². The Morgan fingerprint density at radius 2 is 1.80 bits per heavy atom. The number of aliphatic hydroxyl groups excluding tert-OH is 1. The molecule has 0 aliphatic heterocycles. The van der Waals surface area contributed by atoms with Gasteiger partial charge in [-0.1, -0.05) is 55.1 Å². The van der Waals surface area contributed by atoms with E-state index < -0.39 is 0 Å². The first-order valence-corrected chi connectivity index (χ1v) is 13.6. The number of aryl methyl sites for hydroxylation is 1. The topological polar surface area (TPSA) is 76.2 Å². The molecule has 0 aliphatic rings. The Kier molecular flexibility index (Phi) is 8.99. The standard InChI is InChI=1S/C28H21N2OS.C5H8O2.Ir/c1-16(2)18-8-10-19(11-9-18)25-13-20-15-29-24(14-26(20)32-25)23-6-4-5-21-22-12-7-17(3)30-28(22)31-27(21)23;1-4(6)3-5(2)7;/h4-5,7-16H,1-3H3;3,6H,1-2H3;/q-1;;/b;4-3-;. The van der Waals surface area contributed by atoms with Crippen LogP contribution in [0.25, 0.3) is 53.9 Å². The van der Waals surface area contributed by atoms with E-state index in [0.717, 1.165) is 38.7 Å². The van der Waals surface area contributed by atoms with Gasteiger partial charge in [-0.25, -0.2) is 4.98 Å². The van der Waals surface area contributed by atoms with Crippen LogP contribution < -0.4 is 0 Å². The first-order chi connectivity index (χ1) is 18.7. The minimum Gasteiger partial charge on any atom is -0.512 e. The summed E-state index contributed by atoms with van der Waals surface area (Å²) in [6, 6.07) is 24.6. The zero-order valence-electron chi connectivity index (χ0n) is 22.9. The Bertz CT molecular complexity index is 1850. The summed E-state index contributed by atoms with van der Waals surface area (Å²) < 4.78 is 7.36. The zero-order valence-corrected chi connectivity index (χ0v) is 26.1. The van der Waals surface area contributed by atoms with Gasteiger partial charge in [-0.15, -0.1) is 29.5 Å². The van der Waals surface area contributed by atoms with Gasteiger partial charge >= 0.3 is 0 Å². The molecule has 0 saturated carbocycles. The Balaban J connectivity index is 0.000000413. The molecule has 1 N–H and O–H groups in total. The van der Waals surface area contributed by atoms with Gasteiger partial charge in [-0.3, -0.25) is 4.79 Å². The first kappa shape index (κ1) is 29.3. The molecule has 0 saturated heterocycles. The number of hydrogen-bond acceptors (Lipinski definition) is 6. The number of fused-ring (bicyclic) bond motifs is 4. The second kappa shape index (κ2) is 12.3. The molecular formula is C33H29IrN2O3S-. The summed E-state index contributed by atoms with van der Waals surface area (Å²) >= 11 is 1.79. The molecule has 2 aromatic carbocycles. The number of nitrogens with zero attached hydrogens (tertiary/aromatic N) is 2. The SMILES string of the molecule is CC(=O)/C=C(/C)O.Cc1ccc2c(n1)oc1c(-c3cc4sc(-c5ccc(C(C)C)cc5)cc4cn3)[c-]ccc12.[Ir]. The number of aliphatic hydroxyl groups is 1. The summed E-state index contributed by atoms with van der Waals surface area (Å²) in [7, 11) is 0. The molecule has 40 heavy (non-hydrogen) atoms. The number of hydrogen-bond donors (Lipinski definition) is 1. The summed E-state index contributed by atoms with van der Waals surface area (Å²) in [4.78, 5) is 20.6. The van der Waals surface area contributed by atoms with Crippen molar-refractivity contribution in [3.8, 4) is 21.7 Å². The fourth-order valence-electron chi connectivity index (χ4n) is 4.44. The van der Waals surface area contributed by atoms with Crippen LogP contribution >= 0.6 is 11.3 Å². The molecule has 1 radical (unpaired) electrons. The summed E-state index contributed by atoms with van der Waals surface area (Å²) in [5, 5.41) is 11.6. The number of benzene rings is 2. The van der Waals surface area contributed by atoms with Gasteiger partial charge in [-0.05, 0) is 61.7 Å². The minimum absolute atomic E-state index is 0. The van der Waals surface area contributed by atoms with E-state index in [9.17, 15) is 4.79 Å². The molecule has 0 fully saturated rings. The van der Waals surface area contributed by atoms with E-state index >= 15 is 0 Å². The van der Waals surface area contributed by atoms with Crippen LogP contribution in [-0.2, 0) is 24.9 Å². The maximum Gasteiger partial charge on any atom is 0.216 e. The number of carbonyl (C=O) groups is 1. The van der Waals surface area contributed by atoms with Gasteiger partial charge < -0.3 is 14.5 Å². The number of allylic oxidation sites excluding steroid dienone is 2. The average Bonchev–Trinajstić information content (AvgIpc) is 3.48. The number of aromatic nitrogens is 2. The van der Waals surface area contributed by atoms with Crippen molar-refractivity contribution in [2.45, 2.75) is 40.5 Å². The Morgan fingerprint density at radius 1 is 1.05 bits per heavy atom. The van der Waals surface area contributed by atoms with Gasteiger partial charge in [0.1, 0.15) is 0 Å². The average molecular weight is 726 g/mol. The maximum absolute atomic E-state index is 10.0. The van der Waals surface area contributed by atoms with Gasteiger partial charge in [-0.2, -0.15) is 0 Å². The molecule has 6 rings (SSSR count). The summed E-state index contributed by atoms with van der Waals surface area (Å²) in [5.41, 5.74) is 6.72. The van der Waals surface area contributed by atoms with E-state index in [-0.39, 0.29) is 31.6 Å². The molecule has 0 amide bonds. The van der Waals surface area contributed by atoms with Crippen LogP contribution in [0.1, 0.15) is 44.9 Å². The Morgan fingerprint density at radius 3 is 2.45 bits per heavy atom. The van der Waals surface area contributed by atoms with Gasteiger partial charge in [0.05, 0.1) is 11.3 Å². The van der Waals surface area contributed by atoms with Gasteiger partial charge in [0.15, 0.2) is 5.78 Å². The smallest absolute Gasteiger partial charge is 0.216 e. The van der Waals surface area contributed by atoms with Crippen molar-refractivity contribution in [1.29, 1.82) is 0 Å². The number of ketones is 1. The third-order valence-electron chi connectivity index (χ3n) is 6.37. The molecule has 4 heterocycles. The second-order valence-electron chi connectivity index (χ2n) is 9.89. The fourth-order valence-corrected chi connectivity index (χ4v) is 5.52. The van der Waals surface area contributed by atoms with E-state index in [2.05, 4.69) is 67.4 Å². The van der Waals surface area contributed by atoms with E-state index in [1.807, 2.05) is 31.3 Å². The quantitative estimate of drug-likeness (QED) is 0.112. The van der Waals surface area contributed by atoms with E-state index in [4.69, 9.17) is 14.5 Å². The predicted molar refractivity (Wildman–Crippen MR) is 160 cm³/mol. The monoisotopic (exact) mass is 726 g/mol. The van der Waals surface area contributed by atoms with Crippen LogP contribution in [0.3, 0.4) is 0 Å². The molecule has 5 nitrogen and oxygen atoms in total. The van der Waals surface area contributed by atoms with Crippen molar-refractivity contribution < 1.29 is 34.4 Å². The van der Waals surface area contributed by atoms with Crippen LogP contribution in [0.5, 0.6) is 0 Å². The minimum atomic E-state index is -0.125. The zero-order chi connectivity index (χ0) is 27.7. The summed E-state index contributed by atoms with van der Waals surface area (Å²) in [6.07, 6.45) is 3.12. The molecule has 0 atom stereocenters. The molecule has 6 aromatic rings. The number of carbonyl (C=O) groups excluding carboxylic acids is 1. The molecule has 0 bridgehead atoms. The molecule has 0 aliphatic carbocycles. The molecule has 0 spiro atoms. The van der Waals surface area contributed by atoms with Crippen molar-refractivity contribution in [2.75, 3.05) is 0 Å². The third-order valence-corrected chi connectivity index (χ3v) is 7.52. The fraction of sp³-hybridized carbons (Fsp3) is 0.182. The number of pyridine rings is 2. The number of rotatable bonds is 4. The molecule has 7 heteroatoms. The van der Waals surface area contributed by atoms with Crippen molar-refractivity contribution in [3.05, 3.63) is 96.0 Å². The van der Waals surface area contributed by atoms with Crippen molar-refractivity contribution in [1.82, 2.24) is 9.97 Å². The van der Waals surface area contributed by atoms with Crippen LogP contribution in [0.4, 0.5) is 0 Å². The summed E-state index contributed by atoms with van der Waals surface area (Å²) in [6.45, 7) is 9.26. The van der Waals surface area contributed by atoms with Gasteiger partial charge in [0, 0.05) is 58.4 Å². The van der Waals surface area contributed by atoms with Crippen LogP contribution in [0, 0.1) is 13.0 Å². The van der Waals surface area contributed by atoms with Crippen molar-refractivity contribution >= 4 is 49.3 Å². The van der Waals surface area contributed by atoms with Crippen LogP contribution in [0.2, 0.25) is 0 Å². The maximum atomic E-state index is 10.0. The van der Waals surface area contributed by atoms with E-state index in [0.29, 0.717) is 11.6 Å². The van der Waals surface area contributed by atoms with Crippen molar-refractivity contribution in [2.24, 2.45) is 0 Å². The van der Waals surface area contributed by atoms with Crippen molar-refractivity contribution in [3.63, 3.8) is 0 Å². The van der Waals surface area contributed by atoms with Gasteiger partial charge in [0.2, 0.25) is 5.71 Å². The normalized spacial score (nSPS) is 11.5.